The molecule has 0 aliphatic carbocycles. The van der Waals surface area contributed by atoms with Crippen LogP contribution in [0.4, 0.5) is 14.5 Å². The average molecular weight is 240 g/mol. The summed E-state index contributed by atoms with van der Waals surface area (Å²) in [4.78, 5) is 0. The Morgan fingerprint density at radius 1 is 1.35 bits per heavy atom. The van der Waals surface area contributed by atoms with Crippen molar-refractivity contribution in [1.82, 2.24) is 0 Å². The van der Waals surface area contributed by atoms with Crippen molar-refractivity contribution in [2.24, 2.45) is 0 Å². The summed E-state index contributed by atoms with van der Waals surface area (Å²) in [6, 6.07) is 4.16. The van der Waals surface area contributed by atoms with Crippen molar-refractivity contribution in [1.29, 1.82) is 5.26 Å². The first kappa shape index (κ1) is 13.4. The summed E-state index contributed by atoms with van der Waals surface area (Å²) in [5.41, 5.74) is -0.264. The molecule has 92 valence electrons. The highest BCUT2D eigenvalue weighted by molar-refractivity contribution is 5.49. The fourth-order valence-corrected chi connectivity index (χ4v) is 1.25. The number of anilines is 1. The summed E-state index contributed by atoms with van der Waals surface area (Å²) in [7, 11) is 0. The number of hydrogen-bond donors (Lipinski definition) is 1. The van der Waals surface area contributed by atoms with E-state index >= 15 is 0 Å². The van der Waals surface area contributed by atoms with Crippen LogP contribution in [0, 0.1) is 23.0 Å². The smallest absolute Gasteiger partial charge is 0.183 e. The summed E-state index contributed by atoms with van der Waals surface area (Å²) in [5, 5.41) is 11.2. The second-order valence-corrected chi connectivity index (χ2v) is 3.75. The number of benzene rings is 1. The maximum atomic E-state index is 13.4. The van der Waals surface area contributed by atoms with Gasteiger partial charge >= 0.3 is 0 Å². The third-order valence-electron chi connectivity index (χ3n) is 2.07. The van der Waals surface area contributed by atoms with Crippen molar-refractivity contribution in [3.05, 3.63) is 29.3 Å². The Labute approximate surface area is 99.0 Å². The van der Waals surface area contributed by atoms with E-state index in [2.05, 4.69) is 5.32 Å². The number of hydrogen-bond acceptors (Lipinski definition) is 3. The van der Waals surface area contributed by atoms with Crippen molar-refractivity contribution in [3.8, 4) is 6.07 Å². The van der Waals surface area contributed by atoms with E-state index < -0.39 is 11.6 Å². The van der Waals surface area contributed by atoms with Crippen LogP contribution in [0.2, 0.25) is 0 Å². The van der Waals surface area contributed by atoms with Gasteiger partial charge in [-0.2, -0.15) is 5.26 Å². The molecule has 17 heavy (non-hydrogen) atoms. The van der Waals surface area contributed by atoms with Crippen LogP contribution in [-0.2, 0) is 4.74 Å². The second-order valence-electron chi connectivity index (χ2n) is 3.75. The Morgan fingerprint density at radius 3 is 2.65 bits per heavy atom. The van der Waals surface area contributed by atoms with Gasteiger partial charge in [0.05, 0.1) is 24.0 Å². The Hall–Kier alpha value is -1.67. The molecule has 0 unspecified atom stereocenters. The van der Waals surface area contributed by atoms with Gasteiger partial charge in [0, 0.05) is 6.54 Å². The quantitative estimate of drug-likeness (QED) is 0.805. The fraction of sp³-hybridized carbons (Fsp3) is 0.417. The van der Waals surface area contributed by atoms with Crippen LogP contribution in [0.3, 0.4) is 0 Å². The lowest BCUT2D eigenvalue weighted by atomic mass is 10.2. The number of nitrogens with one attached hydrogen (secondary N) is 1. The van der Waals surface area contributed by atoms with Crippen LogP contribution in [0.15, 0.2) is 12.1 Å². The van der Waals surface area contributed by atoms with Gasteiger partial charge < -0.3 is 10.1 Å². The monoisotopic (exact) mass is 240 g/mol. The summed E-state index contributed by atoms with van der Waals surface area (Å²) in [6.07, 6.45) is 0.0966. The van der Waals surface area contributed by atoms with E-state index in [-0.39, 0.29) is 17.4 Å². The first-order chi connectivity index (χ1) is 8.06. The molecule has 3 nitrogen and oxygen atoms in total. The number of nitriles is 1. The van der Waals surface area contributed by atoms with Gasteiger partial charge in [0.2, 0.25) is 0 Å². The predicted molar refractivity (Wildman–Crippen MR) is 60.7 cm³/mol. The first-order valence-corrected chi connectivity index (χ1v) is 5.29. The number of rotatable bonds is 5. The van der Waals surface area contributed by atoms with Gasteiger partial charge in [-0.1, -0.05) is 0 Å². The number of halogens is 2. The van der Waals surface area contributed by atoms with Gasteiger partial charge in [0.15, 0.2) is 11.6 Å². The molecule has 0 aliphatic rings. The van der Waals surface area contributed by atoms with Crippen molar-refractivity contribution < 1.29 is 13.5 Å². The Kier molecular flexibility index (Phi) is 4.85. The largest absolute Gasteiger partial charge is 0.380 e. The van der Waals surface area contributed by atoms with Gasteiger partial charge in [0.25, 0.3) is 0 Å². The van der Waals surface area contributed by atoms with Crippen LogP contribution in [0.1, 0.15) is 19.4 Å². The highest BCUT2D eigenvalue weighted by atomic mass is 19.2. The normalized spacial score (nSPS) is 10.4. The molecule has 0 heterocycles. The average Bonchev–Trinajstić information content (AvgIpc) is 2.29. The Morgan fingerprint density at radius 2 is 2.06 bits per heavy atom. The highest BCUT2D eigenvalue weighted by Crippen LogP contribution is 2.19. The molecule has 1 aromatic carbocycles. The topological polar surface area (TPSA) is 45.0 Å². The third-order valence-corrected chi connectivity index (χ3v) is 2.07. The fourth-order valence-electron chi connectivity index (χ4n) is 1.25. The lowest BCUT2D eigenvalue weighted by molar-refractivity contribution is 0.0870. The lowest BCUT2D eigenvalue weighted by Gasteiger charge is -2.10. The van der Waals surface area contributed by atoms with Crippen LogP contribution < -0.4 is 5.32 Å². The van der Waals surface area contributed by atoms with Gasteiger partial charge in [-0.3, -0.25) is 0 Å². The van der Waals surface area contributed by atoms with Crippen molar-refractivity contribution in [2.45, 2.75) is 20.0 Å². The second kappa shape index (κ2) is 6.16. The molecular formula is C12H14F2N2O. The summed E-state index contributed by atoms with van der Waals surface area (Å²) >= 11 is 0. The molecule has 0 aliphatic heterocycles. The summed E-state index contributed by atoms with van der Waals surface area (Å²) in [6.45, 7) is 4.56. The van der Waals surface area contributed by atoms with E-state index in [9.17, 15) is 8.78 Å². The van der Waals surface area contributed by atoms with Gasteiger partial charge in [0.1, 0.15) is 6.07 Å². The molecule has 1 rings (SSSR count). The summed E-state index contributed by atoms with van der Waals surface area (Å²) in [5.74, 6) is -2.16. The van der Waals surface area contributed by atoms with Gasteiger partial charge in [-0.15, -0.1) is 0 Å². The predicted octanol–water partition coefficient (Wildman–Crippen LogP) is 2.67. The summed E-state index contributed by atoms with van der Waals surface area (Å²) < 4.78 is 31.9. The zero-order chi connectivity index (χ0) is 12.8. The molecular weight excluding hydrogens is 226 g/mol. The molecule has 0 aromatic heterocycles. The zero-order valence-electron chi connectivity index (χ0n) is 9.76. The molecule has 0 radical (unpaired) electrons. The molecule has 0 saturated carbocycles. The standard InChI is InChI=1S/C12H14F2N2O/c1-8(2)17-6-5-16-10-4-3-9(7-15)11(13)12(10)14/h3-4,8,16H,5-6H2,1-2H3. The number of ether oxygens (including phenoxy) is 1. The SMILES string of the molecule is CC(C)OCCNc1ccc(C#N)c(F)c1F. The zero-order valence-corrected chi connectivity index (χ0v) is 9.76. The van der Waals surface area contributed by atoms with Crippen molar-refractivity contribution >= 4 is 5.69 Å². The van der Waals surface area contributed by atoms with Crippen LogP contribution in [-0.4, -0.2) is 19.3 Å². The Bertz CT molecular complexity index is 427. The van der Waals surface area contributed by atoms with Crippen LogP contribution >= 0.6 is 0 Å². The van der Waals surface area contributed by atoms with Crippen molar-refractivity contribution in [3.63, 3.8) is 0 Å². The van der Waals surface area contributed by atoms with E-state index in [1.807, 2.05) is 13.8 Å². The molecule has 0 spiro atoms. The van der Waals surface area contributed by atoms with E-state index in [0.717, 1.165) is 0 Å². The molecule has 5 heteroatoms. The number of nitrogens with zero attached hydrogens (tertiary/aromatic N) is 1. The first-order valence-electron chi connectivity index (χ1n) is 5.29. The highest BCUT2D eigenvalue weighted by Gasteiger charge is 2.12. The van der Waals surface area contributed by atoms with Gasteiger partial charge in [-0.25, -0.2) is 8.78 Å². The van der Waals surface area contributed by atoms with Crippen LogP contribution in [0.25, 0.3) is 0 Å². The van der Waals surface area contributed by atoms with Crippen LogP contribution in [0.5, 0.6) is 0 Å². The minimum atomic E-state index is -1.12. The molecule has 0 saturated heterocycles. The molecule has 0 fully saturated rings. The minimum absolute atomic E-state index is 0.0360. The van der Waals surface area contributed by atoms with E-state index in [4.69, 9.17) is 10.00 Å². The van der Waals surface area contributed by atoms with E-state index in [1.165, 1.54) is 12.1 Å². The maximum Gasteiger partial charge on any atom is 0.183 e. The minimum Gasteiger partial charge on any atom is -0.380 e. The lowest BCUT2D eigenvalue weighted by Crippen LogP contribution is -2.14. The third kappa shape index (κ3) is 3.68. The molecule has 1 aromatic rings. The maximum absolute atomic E-state index is 13.4. The molecule has 1 N–H and O–H groups in total. The molecule has 0 atom stereocenters. The van der Waals surface area contributed by atoms with E-state index in [1.54, 1.807) is 6.07 Å². The molecule has 0 bridgehead atoms. The Balaban J connectivity index is 2.61. The van der Waals surface area contributed by atoms with E-state index in [0.29, 0.717) is 13.2 Å². The molecule has 0 amide bonds. The van der Waals surface area contributed by atoms with Gasteiger partial charge in [-0.05, 0) is 26.0 Å². The van der Waals surface area contributed by atoms with Crippen molar-refractivity contribution in [2.75, 3.05) is 18.5 Å².